The van der Waals surface area contributed by atoms with Crippen molar-refractivity contribution < 1.29 is 4.92 Å². The van der Waals surface area contributed by atoms with E-state index in [0.29, 0.717) is 5.69 Å². The second-order valence-electron chi connectivity index (χ2n) is 5.72. The van der Waals surface area contributed by atoms with Gasteiger partial charge in [0, 0.05) is 19.7 Å². The highest BCUT2D eigenvalue weighted by Crippen LogP contribution is 2.32. The SMILES string of the molecule is CNc1c([N+](=O)[O-])ccc(C)c1CN1CCC(C)CC1. The van der Waals surface area contributed by atoms with Gasteiger partial charge in [-0.15, -0.1) is 0 Å². The van der Waals surface area contributed by atoms with Crippen LogP contribution < -0.4 is 5.32 Å². The van der Waals surface area contributed by atoms with Crippen molar-refractivity contribution in [1.82, 2.24) is 4.90 Å². The normalized spacial score (nSPS) is 17.1. The minimum atomic E-state index is -0.312. The maximum absolute atomic E-state index is 11.1. The number of nitro benzene ring substituents is 1. The quantitative estimate of drug-likeness (QED) is 0.678. The van der Waals surface area contributed by atoms with E-state index < -0.39 is 0 Å². The summed E-state index contributed by atoms with van der Waals surface area (Å²) in [5, 5.41) is 14.1. The number of piperidine rings is 1. The minimum absolute atomic E-state index is 0.165. The zero-order valence-corrected chi connectivity index (χ0v) is 12.5. The molecule has 1 fully saturated rings. The number of hydrogen-bond donors (Lipinski definition) is 1. The third-order valence-electron chi connectivity index (χ3n) is 4.23. The molecule has 0 radical (unpaired) electrons. The van der Waals surface area contributed by atoms with Crippen LogP contribution in [-0.2, 0) is 6.54 Å². The fraction of sp³-hybridized carbons (Fsp3) is 0.600. The monoisotopic (exact) mass is 277 g/mol. The Kier molecular flexibility index (Phi) is 4.60. The lowest BCUT2D eigenvalue weighted by Crippen LogP contribution is -2.32. The van der Waals surface area contributed by atoms with E-state index in [1.54, 1.807) is 13.1 Å². The van der Waals surface area contributed by atoms with Crippen LogP contribution in [0.3, 0.4) is 0 Å². The van der Waals surface area contributed by atoms with E-state index >= 15 is 0 Å². The van der Waals surface area contributed by atoms with Gasteiger partial charge in [0.05, 0.1) is 4.92 Å². The van der Waals surface area contributed by atoms with E-state index in [0.717, 1.165) is 36.7 Å². The highest BCUT2D eigenvalue weighted by molar-refractivity contribution is 5.68. The maximum Gasteiger partial charge on any atom is 0.292 e. The molecule has 20 heavy (non-hydrogen) atoms. The third-order valence-corrected chi connectivity index (χ3v) is 4.23. The molecule has 1 aromatic carbocycles. The number of anilines is 1. The molecule has 0 amide bonds. The van der Waals surface area contributed by atoms with Crippen LogP contribution >= 0.6 is 0 Å². The number of benzene rings is 1. The van der Waals surface area contributed by atoms with Crippen LogP contribution in [0.5, 0.6) is 0 Å². The fourth-order valence-corrected chi connectivity index (χ4v) is 2.82. The van der Waals surface area contributed by atoms with Crippen LogP contribution in [0, 0.1) is 23.0 Å². The molecule has 0 bridgehead atoms. The second-order valence-corrected chi connectivity index (χ2v) is 5.72. The summed E-state index contributed by atoms with van der Waals surface area (Å²) in [5.41, 5.74) is 2.99. The van der Waals surface area contributed by atoms with Crippen LogP contribution in [0.15, 0.2) is 12.1 Å². The standard InChI is InChI=1S/C15H23N3O2/c1-11-6-8-17(9-7-11)10-13-12(2)4-5-14(18(19)20)15(13)16-3/h4-5,11,16H,6-10H2,1-3H3. The summed E-state index contributed by atoms with van der Waals surface area (Å²) in [6.45, 7) is 7.25. The van der Waals surface area contributed by atoms with Crippen molar-refractivity contribution in [3.8, 4) is 0 Å². The molecule has 1 N–H and O–H groups in total. The van der Waals surface area contributed by atoms with Crippen LogP contribution in [-0.4, -0.2) is 30.0 Å². The molecule has 1 aliphatic heterocycles. The lowest BCUT2D eigenvalue weighted by molar-refractivity contribution is -0.384. The van der Waals surface area contributed by atoms with Crippen molar-refractivity contribution in [2.75, 3.05) is 25.5 Å². The topological polar surface area (TPSA) is 58.4 Å². The molecule has 5 heteroatoms. The predicted octanol–water partition coefficient (Wildman–Crippen LogP) is 3.18. The summed E-state index contributed by atoms with van der Waals surface area (Å²) in [4.78, 5) is 13.2. The highest BCUT2D eigenvalue weighted by atomic mass is 16.6. The van der Waals surface area contributed by atoms with Crippen molar-refractivity contribution in [3.63, 3.8) is 0 Å². The van der Waals surface area contributed by atoms with E-state index in [1.807, 2.05) is 13.0 Å². The molecule has 2 rings (SSSR count). The molecule has 110 valence electrons. The average molecular weight is 277 g/mol. The zero-order chi connectivity index (χ0) is 14.7. The summed E-state index contributed by atoms with van der Waals surface area (Å²) in [5.74, 6) is 0.793. The van der Waals surface area contributed by atoms with Gasteiger partial charge in [-0.1, -0.05) is 13.0 Å². The van der Waals surface area contributed by atoms with Crippen LogP contribution in [0.1, 0.15) is 30.9 Å². The molecule has 1 aliphatic rings. The van der Waals surface area contributed by atoms with Crippen molar-refractivity contribution in [1.29, 1.82) is 0 Å². The molecular formula is C15H23N3O2. The Hall–Kier alpha value is -1.62. The number of hydrogen-bond acceptors (Lipinski definition) is 4. The fourth-order valence-electron chi connectivity index (χ4n) is 2.82. The van der Waals surface area contributed by atoms with Crippen LogP contribution in [0.2, 0.25) is 0 Å². The van der Waals surface area contributed by atoms with E-state index in [9.17, 15) is 10.1 Å². The summed E-state index contributed by atoms with van der Waals surface area (Å²) in [7, 11) is 1.75. The molecule has 0 spiro atoms. The molecule has 1 aromatic rings. The second kappa shape index (κ2) is 6.22. The lowest BCUT2D eigenvalue weighted by atomic mass is 9.97. The lowest BCUT2D eigenvalue weighted by Gasteiger charge is -2.31. The zero-order valence-electron chi connectivity index (χ0n) is 12.5. The summed E-state index contributed by atoms with van der Waals surface area (Å²) in [6, 6.07) is 3.43. The number of nitrogens with one attached hydrogen (secondary N) is 1. The van der Waals surface area contributed by atoms with E-state index in [4.69, 9.17) is 0 Å². The summed E-state index contributed by atoms with van der Waals surface area (Å²) < 4.78 is 0. The number of nitro groups is 1. The number of rotatable bonds is 4. The van der Waals surface area contributed by atoms with Crippen LogP contribution in [0.25, 0.3) is 0 Å². The first kappa shape index (κ1) is 14.8. The van der Waals surface area contributed by atoms with Crippen LogP contribution in [0.4, 0.5) is 11.4 Å². The molecule has 1 saturated heterocycles. The molecule has 5 nitrogen and oxygen atoms in total. The number of likely N-dealkylation sites (tertiary alicyclic amines) is 1. The van der Waals surface area contributed by atoms with Gasteiger partial charge in [0.15, 0.2) is 0 Å². The van der Waals surface area contributed by atoms with Crippen molar-refractivity contribution in [3.05, 3.63) is 33.4 Å². The number of nitrogens with zero attached hydrogens (tertiary/aromatic N) is 2. The van der Waals surface area contributed by atoms with Gasteiger partial charge in [-0.2, -0.15) is 0 Å². The molecule has 0 saturated carbocycles. The molecule has 0 aromatic heterocycles. The molecule has 1 heterocycles. The van der Waals surface area contributed by atoms with Gasteiger partial charge >= 0.3 is 0 Å². The Morgan fingerprint density at radius 3 is 2.60 bits per heavy atom. The number of aryl methyl sites for hydroxylation is 1. The van der Waals surface area contributed by atoms with Gasteiger partial charge in [-0.25, -0.2) is 0 Å². The minimum Gasteiger partial charge on any atom is -0.382 e. The largest absolute Gasteiger partial charge is 0.382 e. The van der Waals surface area contributed by atoms with Crippen molar-refractivity contribution >= 4 is 11.4 Å². The predicted molar refractivity (Wildman–Crippen MR) is 81.1 cm³/mol. The summed E-state index contributed by atoms with van der Waals surface area (Å²) >= 11 is 0. The Morgan fingerprint density at radius 2 is 2.05 bits per heavy atom. The van der Waals surface area contributed by atoms with E-state index in [1.165, 1.54) is 12.8 Å². The Labute approximate surface area is 120 Å². The first-order valence-corrected chi connectivity index (χ1v) is 7.20. The van der Waals surface area contributed by atoms with Crippen molar-refractivity contribution in [2.24, 2.45) is 5.92 Å². The Balaban J connectivity index is 2.26. The van der Waals surface area contributed by atoms with Gasteiger partial charge in [-0.05, 0) is 49.9 Å². The highest BCUT2D eigenvalue weighted by Gasteiger charge is 2.22. The molecular weight excluding hydrogens is 254 g/mol. The smallest absolute Gasteiger partial charge is 0.292 e. The van der Waals surface area contributed by atoms with Gasteiger partial charge < -0.3 is 5.32 Å². The van der Waals surface area contributed by atoms with Gasteiger partial charge in [0.2, 0.25) is 0 Å². The molecule has 0 aliphatic carbocycles. The van der Waals surface area contributed by atoms with Crippen molar-refractivity contribution in [2.45, 2.75) is 33.2 Å². The first-order valence-electron chi connectivity index (χ1n) is 7.20. The van der Waals surface area contributed by atoms with E-state index in [2.05, 4.69) is 17.1 Å². The molecule has 0 unspecified atom stereocenters. The maximum atomic E-state index is 11.1. The Bertz CT molecular complexity index is 494. The Morgan fingerprint density at radius 1 is 1.40 bits per heavy atom. The third kappa shape index (κ3) is 3.10. The van der Waals surface area contributed by atoms with Gasteiger partial charge in [0.25, 0.3) is 5.69 Å². The summed E-state index contributed by atoms with van der Waals surface area (Å²) in [6.07, 6.45) is 2.42. The van der Waals surface area contributed by atoms with Gasteiger partial charge in [0.1, 0.15) is 5.69 Å². The van der Waals surface area contributed by atoms with E-state index in [-0.39, 0.29) is 10.6 Å². The molecule has 0 atom stereocenters. The average Bonchev–Trinajstić information content (AvgIpc) is 2.42. The van der Waals surface area contributed by atoms with Gasteiger partial charge in [-0.3, -0.25) is 15.0 Å². The first-order chi connectivity index (χ1) is 9.52.